The zero-order valence-corrected chi connectivity index (χ0v) is 17.4. The number of amides is 5. The SMILES string of the molecule is O=C(NC(=O)c1ccccc1O)NC(C(=O)NC1CN(S(=O)(=O)O)C1=O)c1ccc(O)cc1. The van der Waals surface area contributed by atoms with Gasteiger partial charge in [-0.2, -0.15) is 8.42 Å². The van der Waals surface area contributed by atoms with Gasteiger partial charge < -0.3 is 20.8 Å². The highest BCUT2D eigenvalue weighted by atomic mass is 32.2. The van der Waals surface area contributed by atoms with Crippen LogP contribution in [0.2, 0.25) is 0 Å². The molecule has 5 amide bonds. The van der Waals surface area contributed by atoms with Crippen molar-refractivity contribution >= 4 is 34.1 Å². The van der Waals surface area contributed by atoms with E-state index in [0.29, 0.717) is 0 Å². The summed E-state index contributed by atoms with van der Waals surface area (Å²) in [5, 5.41) is 25.6. The second-order valence-corrected chi connectivity index (χ2v) is 8.21. The molecule has 2 unspecified atom stereocenters. The third-order valence-electron chi connectivity index (χ3n) is 4.63. The number of benzene rings is 2. The van der Waals surface area contributed by atoms with Gasteiger partial charge in [0.1, 0.15) is 23.6 Å². The Balaban J connectivity index is 1.73. The van der Waals surface area contributed by atoms with Crippen molar-refractivity contribution in [3.8, 4) is 11.5 Å². The summed E-state index contributed by atoms with van der Waals surface area (Å²) in [5.74, 6) is -3.46. The molecule has 1 aliphatic heterocycles. The normalized spacial score (nSPS) is 16.3. The summed E-state index contributed by atoms with van der Waals surface area (Å²) in [7, 11) is -4.76. The Kier molecular flexibility index (Phi) is 6.50. The van der Waals surface area contributed by atoms with Crippen LogP contribution in [0.5, 0.6) is 11.5 Å². The van der Waals surface area contributed by atoms with Crippen molar-refractivity contribution < 1.29 is 42.4 Å². The van der Waals surface area contributed by atoms with Crippen molar-refractivity contribution in [2.45, 2.75) is 12.1 Å². The van der Waals surface area contributed by atoms with E-state index < -0.39 is 52.7 Å². The lowest BCUT2D eigenvalue weighted by Gasteiger charge is -2.36. The molecule has 1 fully saturated rings. The lowest BCUT2D eigenvalue weighted by molar-refractivity contribution is -0.141. The number of urea groups is 1. The highest BCUT2D eigenvalue weighted by molar-refractivity contribution is 7.84. The quantitative estimate of drug-likeness (QED) is 0.232. The van der Waals surface area contributed by atoms with Crippen LogP contribution in [-0.2, 0) is 19.9 Å². The topological polar surface area (TPSA) is 202 Å². The van der Waals surface area contributed by atoms with Crippen LogP contribution in [0.1, 0.15) is 22.0 Å². The van der Waals surface area contributed by atoms with E-state index >= 15 is 0 Å². The number of nitrogens with one attached hydrogen (secondary N) is 3. The molecule has 13 nitrogen and oxygen atoms in total. The van der Waals surface area contributed by atoms with E-state index in [1.807, 2.05) is 5.32 Å². The second kappa shape index (κ2) is 9.13. The van der Waals surface area contributed by atoms with E-state index in [0.717, 1.165) is 0 Å². The van der Waals surface area contributed by atoms with E-state index in [1.54, 1.807) is 0 Å². The van der Waals surface area contributed by atoms with Gasteiger partial charge in [-0.25, -0.2) is 9.10 Å². The van der Waals surface area contributed by atoms with Crippen LogP contribution >= 0.6 is 0 Å². The van der Waals surface area contributed by atoms with Gasteiger partial charge in [0.2, 0.25) is 5.91 Å². The molecular weight excluding hydrogens is 460 g/mol. The molecule has 2 aromatic carbocycles. The third-order valence-corrected chi connectivity index (χ3v) is 5.51. The number of β-lactam (4-membered cyclic amide) rings is 1. The summed E-state index contributed by atoms with van der Waals surface area (Å²) in [4.78, 5) is 49.2. The molecule has 0 radical (unpaired) electrons. The standard InChI is InChI=1S/C19H18N4O9S/c24-11-7-5-10(6-8-11)15(17(27)20-13-9-23(18(13)28)33(30,31)32)21-19(29)22-16(26)12-3-1-2-4-14(12)25/h1-8,13,15,24-25H,9H2,(H,20,27)(H,30,31,32)(H2,21,22,26,29). The molecule has 6 N–H and O–H groups in total. The molecule has 0 saturated carbocycles. The van der Waals surface area contributed by atoms with E-state index in [1.165, 1.54) is 48.5 Å². The van der Waals surface area contributed by atoms with Crippen LogP contribution < -0.4 is 16.0 Å². The first kappa shape index (κ1) is 23.5. The molecular formula is C19H18N4O9S. The van der Waals surface area contributed by atoms with Crippen molar-refractivity contribution in [1.82, 2.24) is 20.3 Å². The van der Waals surface area contributed by atoms with E-state index in [4.69, 9.17) is 4.55 Å². The maximum atomic E-state index is 12.8. The van der Waals surface area contributed by atoms with Crippen molar-refractivity contribution in [2.75, 3.05) is 6.54 Å². The van der Waals surface area contributed by atoms with Gasteiger partial charge in [0.25, 0.3) is 11.8 Å². The molecule has 0 bridgehead atoms. The maximum Gasteiger partial charge on any atom is 0.362 e. The molecule has 1 aliphatic rings. The zero-order chi connectivity index (χ0) is 24.3. The van der Waals surface area contributed by atoms with Crippen molar-refractivity contribution in [1.29, 1.82) is 0 Å². The number of hydrogen-bond acceptors (Lipinski definition) is 8. The van der Waals surface area contributed by atoms with Crippen molar-refractivity contribution in [2.24, 2.45) is 0 Å². The van der Waals surface area contributed by atoms with Crippen LogP contribution in [0.25, 0.3) is 0 Å². The third kappa shape index (κ3) is 5.36. The fraction of sp³-hybridized carbons (Fsp3) is 0.158. The number of imide groups is 1. The minimum Gasteiger partial charge on any atom is -0.508 e. The summed E-state index contributed by atoms with van der Waals surface area (Å²) >= 11 is 0. The molecule has 3 rings (SSSR count). The van der Waals surface area contributed by atoms with Gasteiger partial charge in [0.15, 0.2) is 0 Å². The molecule has 0 aromatic heterocycles. The first-order valence-corrected chi connectivity index (χ1v) is 10.6. The monoisotopic (exact) mass is 478 g/mol. The van der Waals surface area contributed by atoms with Gasteiger partial charge in [-0.3, -0.25) is 24.3 Å². The predicted molar refractivity (Wildman–Crippen MR) is 110 cm³/mol. The van der Waals surface area contributed by atoms with Gasteiger partial charge in [0, 0.05) is 0 Å². The highest BCUT2D eigenvalue weighted by Crippen LogP contribution is 2.20. The smallest absolute Gasteiger partial charge is 0.362 e. The van der Waals surface area contributed by atoms with Gasteiger partial charge >= 0.3 is 16.3 Å². The summed E-state index contributed by atoms with van der Waals surface area (Å²) in [5.41, 5.74) is -0.0301. The van der Waals surface area contributed by atoms with Crippen LogP contribution in [0.3, 0.4) is 0 Å². The average Bonchev–Trinajstić information content (AvgIpc) is 2.74. The lowest BCUT2D eigenvalue weighted by Crippen LogP contribution is -2.66. The van der Waals surface area contributed by atoms with E-state index in [9.17, 15) is 37.8 Å². The molecule has 1 saturated heterocycles. The number of phenolic OH excluding ortho intramolecular Hbond substituents is 2. The Morgan fingerprint density at radius 3 is 2.24 bits per heavy atom. The van der Waals surface area contributed by atoms with Gasteiger partial charge in [-0.05, 0) is 29.8 Å². The van der Waals surface area contributed by atoms with Gasteiger partial charge in [0.05, 0.1) is 12.1 Å². The Morgan fingerprint density at radius 1 is 1.03 bits per heavy atom. The van der Waals surface area contributed by atoms with Crippen LogP contribution in [0.4, 0.5) is 4.79 Å². The van der Waals surface area contributed by atoms with E-state index in [2.05, 4.69) is 10.6 Å². The Bertz CT molecular complexity index is 1210. The summed E-state index contributed by atoms with van der Waals surface area (Å²) < 4.78 is 31.1. The van der Waals surface area contributed by atoms with Gasteiger partial charge in [-0.1, -0.05) is 24.3 Å². The maximum absolute atomic E-state index is 12.8. The van der Waals surface area contributed by atoms with Crippen LogP contribution in [0, 0.1) is 0 Å². The largest absolute Gasteiger partial charge is 0.508 e. The zero-order valence-electron chi connectivity index (χ0n) is 16.6. The Labute approximate surface area is 186 Å². The number of nitrogens with zero attached hydrogens (tertiary/aromatic N) is 1. The lowest BCUT2D eigenvalue weighted by atomic mass is 10.0. The highest BCUT2D eigenvalue weighted by Gasteiger charge is 2.45. The molecule has 2 atom stereocenters. The molecule has 14 heteroatoms. The number of carbonyl (C=O) groups excluding carboxylic acids is 4. The summed E-state index contributed by atoms with van der Waals surface area (Å²) in [6, 6.07) is 6.67. The molecule has 1 heterocycles. The average molecular weight is 478 g/mol. The first-order valence-electron chi connectivity index (χ1n) is 9.25. The fourth-order valence-corrected chi connectivity index (χ4v) is 3.63. The minimum atomic E-state index is -4.76. The molecule has 33 heavy (non-hydrogen) atoms. The molecule has 0 aliphatic carbocycles. The molecule has 174 valence electrons. The summed E-state index contributed by atoms with van der Waals surface area (Å²) in [6.07, 6.45) is 0. The van der Waals surface area contributed by atoms with Crippen LogP contribution in [-0.4, -0.2) is 63.8 Å². The first-order chi connectivity index (χ1) is 15.5. The molecule has 2 aromatic rings. The number of hydrogen-bond donors (Lipinski definition) is 6. The minimum absolute atomic E-state index is 0.130. The van der Waals surface area contributed by atoms with Crippen molar-refractivity contribution in [3.63, 3.8) is 0 Å². The Hall–Kier alpha value is -4.17. The number of carbonyl (C=O) groups is 4. The fourth-order valence-electron chi connectivity index (χ4n) is 2.94. The number of aromatic hydroxyl groups is 2. The number of rotatable bonds is 6. The van der Waals surface area contributed by atoms with Crippen molar-refractivity contribution in [3.05, 3.63) is 59.7 Å². The van der Waals surface area contributed by atoms with E-state index in [-0.39, 0.29) is 26.9 Å². The van der Waals surface area contributed by atoms with Crippen LogP contribution in [0.15, 0.2) is 48.5 Å². The Morgan fingerprint density at radius 2 is 1.67 bits per heavy atom. The predicted octanol–water partition coefficient (Wildman–Crippen LogP) is -0.592. The number of para-hydroxylation sites is 1. The number of phenols is 2. The second-order valence-electron chi connectivity index (χ2n) is 6.88. The summed E-state index contributed by atoms with van der Waals surface area (Å²) in [6.45, 7) is -0.510. The molecule has 0 spiro atoms. The van der Waals surface area contributed by atoms with Gasteiger partial charge in [-0.15, -0.1) is 0 Å².